The molecule has 0 saturated carbocycles. The SMILES string of the molecule is CC(CCCNC(=O)OCC1c2ccccc2-c2ccccc21)C(=O)Nc1nn(C)cc1C(=O)O. The largest absolute Gasteiger partial charge is 0.477 e. The second kappa shape index (κ2) is 10.4. The van der Waals surface area contributed by atoms with Crippen molar-refractivity contribution in [3.8, 4) is 11.1 Å². The molecule has 0 bridgehead atoms. The van der Waals surface area contributed by atoms with Crippen molar-refractivity contribution < 1.29 is 24.2 Å². The van der Waals surface area contributed by atoms with Gasteiger partial charge in [0.15, 0.2) is 5.82 Å². The van der Waals surface area contributed by atoms with Gasteiger partial charge in [0, 0.05) is 31.6 Å². The number of hydrogen-bond acceptors (Lipinski definition) is 5. The predicted molar refractivity (Wildman–Crippen MR) is 130 cm³/mol. The fourth-order valence-corrected chi connectivity index (χ4v) is 4.36. The molecule has 3 N–H and O–H groups in total. The Bertz CT molecular complexity index is 1210. The Morgan fingerprint density at radius 2 is 1.71 bits per heavy atom. The van der Waals surface area contributed by atoms with Crippen LogP contribution in [0.4, 0.5) is 10.6 Å². The van der Waals surface area contributed by atoms with Gasteiger partial charge in [-0.15, -0.1) is 0 Å². The van der Waals surface area contributed by atoms with Crippen LogP contribution >= 0.6 is 0 Å². The number of hydrogen-bond donors (Lipinski definition) is 3. The molecule has 2 aromatic carbocycles. The summed E-state index contributed by atoms with van der Waals surface area (Å²) in [5.41, 5.74) is 4.58. The number of aryl methyl sites for hydroxylation is 1. The molecule has 0 aliphatic heterocycles. The van der Waals surface area contributed by atoms with E-state index >= 15 is 0 Å². The quantitative estimate of drug-likeness (QED) is 0.401. The zero-order chi connectivity index (χ0) is 24.9. The lowest BCUT2D eigenvalue weighted by Crippen LogP contribution is -2.28. The maximum atomic E-state index is 12.4. The van der Waals surface area contributed by atoms with Crippen LogP contribution < -0.4 is 10.6 Å². The highest BCUT2D eigenvalue weighted by Crippen LogP contribution is 2.44. The number of benzene rings is 2. The minimum atomic E-state index is -1.16. The van der Waals surface area contributed by atoms with Crippen molar-refractivity contribution in [2.75, 3.05) is 18.5 Å². The van der Waals surface area contributed by atoms with Crippen molar-refractivity contribution in [2.45, 2.75) is 25.7 Å². The summed E-state index contributed by atoms with van der Waals surface area (Å²) in [7, 11) is 1.58. The highest BCUT2D eigenvalue weighted by molar-refractivity contribution is 5.99. The van der Waals surface area contributed by atoms with Crippen LogP contribution in [-0.2, 0) is 16.6 Å². The maximum Gasteiger partial charge on any atom is 0.407 e. The molecule has 0 saturated heterocycles. The van der Waals surface area contributed by atoms with Crippen LogP contribution in [0.5, 0.6) is 0 Å². The second-order valence-electron chi connectivity index (χ2n) is 8.66. The number of rotatable bonds is 9. The van der Waals surface area contributed by atoms with E-state index in [0.717, 1.165) is 11.1 Å². The molecule has 1 aliphatic carbocycles. The summed E-state index contributed by atoms with van der Waals surface area (Å²) in [6.45, 7) is 2.35. The van der Waals surface area contributed by atoms with E-state index in [1.54, 1.807) is 14.0 Å². The first-order valence-electron chi connectivity index (χ1n) is 11.5. The molecule has 0 spiro atoms. The van der Waals surface area contributed by atoms with E-state index in [9.17, 15) is 19.5 Å². The van der Waals surface area contributed by atoms with Gasteiger partial charge in [0.25, 0.3) is 0 Å². The molecule has 1 atom stereocenters. The van der Waals surface area contributed by atoms with E-state index in [1.807, 2.05) is 24.3 Å². The van der Waals surface area contributed by atoms with Crippen molar-refractivity contribution in [1.29, 1.82) is 0 Å². The van der Waals surface area contributed by atoms with Crippen LogP contribution in [0.2, 0.25) is 0 Å². The van der Waals surface area contributed by atoms with Crippen LogP contribution in [0.25, 0.3) is 11.1 Å². The molecular formula is C26H28N4O5. The number of carbonyl (C=O) groups is 3. The van der Waals surface area contributed by atoms with Crippen LogP contribution in [0.15, 0.2) is 54.7 Å². The first-order chi connectivity index (χ1) is 16.8. The lowest BCUT2D eigenvalue weighted by molar-refractivity contribution is -0.119. The zero-order valence-corrected chi connectivity index (χ0v) is 19.7. The van der Waals surface area contributed by atoms with Crippen molar-refractivity contribution in [3.63, 3.8) is 0 Å². The Morgan fingerprint density at radius 3 is 2.34 bits per heavy atom. The van der Waals surface area contributed by atoms with Gasteiger partial charge in [0.2, 0.25) is 5.91 Å². The average molecular weight is 477 g/mol. The summed E-state index contributed by atoms with van der Waals surface area (Å²) in [5.74, 6) is -1.85. The van der Waals surface area contributed by atoms with E-state index in [0.29, 0.717) is 19.4 Å². The van der Waals surface area contributed by atoms with Gasteiger partial charge in [-0.3, -0.25) is 9.48 Å². The number of aromatic nitrogens is 2. The summed E-state index contributed by atoms with van der Waals surface area (Å²) in [4.78, 5) is 35.9. The number of carboxylic acids is 1. The number of anilines is 1. The van der Waals surface area contributed by atoms with Crippen molar-refractivity contribution in [3.05, 3.63) is 71.4 Å². The number of aromatic carboxylic acids is 1. The van der Waals surface area contributed by atoms with Gasteiger partial charge in [-0.1, -0.05) is 55.5 Å². The molecule has 3 aromatic rings. The third kappa shape index (κ3) is 5.34. The molecule has 9 heteroatoms. The first-order valence-corrected chi connectivity index (χ1v) is 11.5. The molecule has 1 unspecified atom stereocenters. The van der Waals surface area contributed by atoms with E-state index in [-0.39, 0.29) is 35.7 Å². The van der Waals surface area contributed by atoms with Crippen molar-refractivity contribution in [2.24, 2.45) is 13.0 Å². The van der Waals surface area contributed by atoms with Gasteiger partial charge in [-0.25, -0.2) is 9.59 Å². The molecule has 1 aromatic heterocycles. The van der Waals surface area contributed by atoms with Gasteiger partial charge in [0.05, 0.1) is 0 Å². The summed E-state index contributed by atoms with van der Waals surface area (Å²) in [6.07, 6.45) is 1.90. The summed E-state index contributed by atoms with van der Waals surface area (Å²) in [6, 6.07) is 16.3. The number of carbonyl (C=O) groups excluding carboxylic acids is 2. The molecule has 182 valence electrons. The molecule has 35 heavy (non-hydrogen) atoms. The smallest absolute Gasteiger partial charge is 0.407 e. The molecule has 1 aliphatic rings. The average Bonchev–Trinajstić information content (AvgIpc) is 3.37. The van der Waals surface area contributed by atoms with Crippen LogP contribution in [0.1, 0.15) is 47.2 Å². The Hall–Kier alpha value is -4.14. The second-order valence-corrected chi connectivity index (χ2v) is 8.66. The normalized spacial score (nSPS) is 13.0. The Kier molecular flexibility index (Phi) is 7.14. The predicted octanol–water partition coefficient (Wildman–Crippen LogP) is 4.01. The summed E-state index contributed by atoms with van der Waals surface area (Å²) in [5, 5.41) is 18.5. The number of nitrogens with one attached hydrogen (secondary N) is 2. The van der Waals surface area contributed by atoms with Gasteiger partial charge in [0.1, 0.15) is 12.2 Å². The van der Waals surface area contributed by atoms with E-state index < -0.39 is 12.1 Å². The molecule has 9 nitrogen and oxygen atoms in total. The first kappa shape index (κ1) is 24.0. The minimum absolute atomic E-state index is 0.000780. The maximum absolute atomic E-state index is 12.4. The lowest BCUT2D eigenvalue weighted by atomic mass is 9.98. The fourth-order valence-electron chi connectivity index (χ4n) is 4.36. The molecular weight excluding hydrogens is 448 g/mol. The fraction of sp³-hybridized carbons (Fsp3) is 0.308. The van der Waals surface area contributed by atoms with Gasteiger partial charge in [-0.05, 0) is 35.1 Å². The number of alkyl carbamates (subject to hydrolysis) is 1. The standard InChI is InChI=1S/C26H28N4O5/c1-16(24(31)28-23-21(25(32)33)14-30(2)29-23)8-7-13-27-26(34)35-15-22-19-11-5-3-9-17(19)18-10-4-6-12-20(18)22/h3-6,9-12,14,16,22H,7-8,13,15H2,1-2H3,(H,27,34)(H,32,33)(H,28,29,31). The summed E-state index contributed by atoms with van der Waals surface area (Å²) >= 11 is 0. The number of nitrogens with zero attached hydrogens (tertiary/aromatic N) is 2. The molecule has 1 heterocycles. The minimum Gasteiger partial charge on any atom is -0.477 e. The van der Waals surface area contributed by atoms with Crippen LogP contribution in [0.3, 0.4) is 0 Å². The lowest BCUT2D eigenvalue weighted by Gasteiger charge is -2.15. The van der Waals surface area contributed by atoms with Gasteiger partial charge >= 0.3 is 12.1 Å². The molecule has 0 radical (unpaired) electrons. The van der Waals surface area contributed by atoms with Crippen LogP contribution in [-0.4, -0.2) is 46.0 Å². The Morgan fingerprint density at radius 1 is 1.09 bits per heavy atom. The molecule has 4 rings (SSSR count). The topological polar surface area (TPSA) is 123 Å². The van der Waals surface area contributed by atoms with E-state index in [1.165, 1.54) is 22.0 Å². The van der Waals surface area contributed by atoms with Crippen LogP contribution in [0, 0.1) is 5.92 Å². The number of fused-ring (bicyclic) bond motifs is 3. The third-order valence-corrected chi connectivity index (χ3v) is 6.18. The van der Waals surface area contributed by atoms with Crippen molar-refractivity contribution >= 4 is 23.8 Å². The Labute approximate surface area is 203 Å². The summed E-state index contributed by atoms with van der Waals surface area (Å²) < 4.78 is 6.85. The highest BCUT2D eigenvalue weighted by Gasteiger charge is 2.29. The van der Waals surface area contributed by atoms with E-state index in [2.05, 4.69) is 40.0 Å². The Balaban J connectivity index is 1.21. The number of carboxylic acid groups (broad SMARTS) is 1. The molecule has 2 amide bonds. The zero-order valence-electron chi connectivity index (χ0n) is 19.7. The number of amides is 2. The van der Waals surface area contributed by atoms with Gasteiger partial charge < -0.3 is 20.5 Å². The molecule has 0 fully saturated rings. The number of ether oxygens (including phenoxy) is 1. The third-order valence-electron chi connectivity index (χ3n) is 6.18. The van der Waals surface area contributed by atoms with Gasteiger partial charge in [-0.2, -0.15) is 5.10 Å². The monoisotopic (exact) mass is 476 g/mol. The van der Waals surface area contributed by atoms with Crippen molar-refractivity contribution in [1.82, 2.24) is 15.1 Å². The van der Waals surface area contributed by atoms with E-state index in [4.69, 9.17) is 4.74 Å². The highest BCUT2D eigenvalue weighted by atomic mass is 16.5.